The summed E-state index contributed by atoms with van der Waals surface area (Å²) >= 11 is 4.43. The maximum atomic E-state index is 12.5. The summed E-state index contributed by atoms with van der Waals surface area (Å²) in [6.07, 6.45) is 3.22. The minimum Gasteiger partial charge on any atom is -0.497 e. The molecule has 2 amide bonds. The molecule has 27 heavy (non-hydrogen) atoms. The molecule has 0 spiro atoms. The number of hydrogen-bond acceptors (Lipinski definition) is 7. The van der Waals surface area contributed by atoms with E-state index in [0.29, 0.717) is 22.8 Å². The number of nitrogens with two attached hydrogens (primary N) is 1. The Morgan fingerprint density at radius 2 is 2.15 bits per heavy atom. The maximum Gasteiger partial charge on any atom is 0.248 e. The molecule has 1 aliphatic heterocycles. The molecule has 0 aromatic heterocycles. The van der Waals surface area contributed by atoms with Gasteiger partial charge in [0.25, 0.3) is 0 Å². The van der Waals surface area contributed by atoms with E-state index in [0.717, 1.165) is 12.8 Å². The molecule has 1 fully saturated rings. The Balaban J connectivity index is 1.86. The summed E-state index contributed by atoms with van der Waals surface area (Å²) in [4.78, 5) is 26.2. The summed E-state index contributed by atoms with van der Waals surface area (Å²) in [5.41, 5.74) is 6.46. The maximum absolute atomic E-state index is 12.5. The van der Waals surface area contributed by atoms with Gasteiger partial charge in [-0.3, -0.25) is 9.59 Å². The molecule has 2 aliphatic rings. The van der Waals surface area contributed by atoms with E-state index in [2.05, 4.69) is 23.3 Å². The Morgan fingerprint density at radius 3 is 2.74 bits per heavy atom. The average Bonchev–Trinajstić information content (AvgIpc) is 2.66. The second-order valence-corrected chi connectivity index (χ2v) is 7.01. The van der Waals surface area contributed by atoms with Gasteiger partial charge in [-0.05, 0) is 25.0 Å². The lowest BCUT2D eigenvalue weighted by molar-refractivity contribution is -0.124. The van der Waals surface area contributed by atoms with Crippen molar-refractivity contribution in [1.82, 2.24) is 15.5 Å². The highest BCUT2D eigenvalue weighted by Crippen LogP contribution is 2.34. The van der Waals surface area contributed by atoms with E-state index in [1.165, 1.54) is 13.2 Å². The number of thiol groups is 1. The van der Waals surface area contributed by atoms with Gasteiger partial charge in [0.05, 0.1) is 26.5 Å². The fourth-order valence-corrected chi connectivity index (χ4v) is 3.45. The van der Waals surface area contributed by atoms with Crippen LogP contribution in [-0.2, 0) is 9.59 Å². The number of amides is 2. The highest BCUT2D eigenvalue weighted by molar-refractivity contribution is 7.80. The Labute approximate surface area is 163 Å². The number of nitrogens with zero attached hydrogens (tertiary/aromatic N) is 1. The molecule has 0 saturated heterocycles. The highest BCUT2D eigenvalue weighted by Gasteiger charge is 2.32. The third kappa shape index (κ3) is 4.14. The molecule has 1 heterocycles. The van der Waals surface area contributed by atoms with Gasteiger partial charge in [-0.2, -0.15) is 0 Å². The standard InChI is InChI=1S/C18H24N4O4S/c1-25-10-3-4-11(15(7-10)26-2)14-8-16(23)21-18(27)22(14)9-17(24)20-13-6-5-12(13)19/h3-4,7-8,12-13,18,27H,5-6,9,19H2,1-2H3,(H,20,24)(H,21,23)/t12-,13-,18?/m1/s1. The highest BCUT2D eigenvalue weighted by atomic mass is 32.1. The Bertz CT molecular complexity index is 770. The quantitative estimate of drug-likeness (QED) is 0.519. The number of methoxy groups -OCH3 is 2. The smallest absolute Gasteiger partial charge is 0.248 e. The Hall–Kier alpha value is -2.39. The molecule has 1 aromatic rings. The van der Waals surface area contributed by atoms with Crippen molar-refractivity contribution in [3.05, 3.63) is 29.8 Å². The van der Waals surface area contributed by atoms with Crippen LogP contribution in [0, 0.1) is 0 Å². The van der Waals surface area contributed by atoms with Crippen LogP contribution in [0.5, 0.6) is 11.5 Å². The van der Waals surface area contributed by atoms with Crippen LogP contribution in [-0.4, -0.2) is 55.1 Å². The van der Waals surface area contributed by atoms with Crippen molar-refractivity contribution >= 4 is 30.1 Å². The summed E-state index contributed by atoms with van der Waals surface area (Å²) < 4.78 is 10.7. The fraction of sp³-hybridized carbons (Fsp3) is 0.444. The Morgan fingerprint density at radius 1 is 1.37 bits per heavy atom. The molecule has 146 valence electrons. The number of carbonyl (C=O) groups is 2. The summed E-state index contributed by atoms with van der Waals surface area (Å²) in [5, 5.41) is 5.62. The van der Waals surface area contributed by atoms with Crippen molar-refractivity contribution in [2.24, 2.45) is 5.73 Å². The van der Waals surface area contributed by atoms with Gasteiger partial charge in [0, 0.05) is 29.8 Å². The largest absolute Gasteiger partial charge is 0.497 e. The minimum absolute atomic E-state index is 0.00139. The number of rotatable bonds is 6. The van der Waals surface area contributed by atoms with E-state index < -0.39 is 5.50 Å². The van der Waals surface area contributed by atoms with Crippen molar-refractivity contribution in [2.45, 2.75) is 30.4 Å². The van der Waals surface area contributed by atoms with Crippen LogP contribution in [0.1, 0.15) is 18.4 Å². The normalized spacial score (nSPS) is 24.4. The average molecular weight is 392 g/mol. The molecular weight excluding hydrogens is 368 g/mol. The molecule has 3 atom stereocenters. The predicted octanol–water partition coefficient (Wildman–Crippen LogP) is 0.296. The van der Waals surface area contributed by atoms with E-state index in [1.807, 2.05) is 0 Å². The van der Waals surface area contributed by atoms with Gasteiger partial charge in [0.1, 0.15) is 17.0 Å². The number of carbonyl (C=O) groups excluding carboxylic acids is 2. The van der Waals surface area contributed by atoms with Gasteiger partial charge >= 0.3 is 0 Å². The van der Waals surface area contributed by atoms with E-state index in [4.69, 9.17) is 15.2 Å². The number of hydrogen-bond donors (Lipinski definition) is 4. The zero-order valence-corrected chi connectivity index (χ0v) is 16.2. The van der Waals surface area contributed by atoms with Crippen LogP contribution >= 0.6 is 12.6 Å². The molecule has 0 radical (unpaired) electrons. The monoisotopic (exact) mass is 392 g/mol. The van der Waals surface area contributed by atoms with Gasteiger partial charge in [0.15, 0.2) is 0 Å². The first kappa shape index (κ1) is 19.4. The first-order chi connectivity index (χ1) is 12.9. The van der Waals surface area contributed by atoms with Crippen molar-refractivity contribution in [3.63, 3.8) is 0 Å². The molecule has 1 unspecified atom stereocenters. The number of nitrogens with one attached hydrogen (secondary N) is 2. The van der Waals surface area contributed by atoms with Gasteiger partial charge < -0.3 is 30.7 Å². The van der Waals surface area contributed by atoms with E-state index in [-0.39, 0.29) is 30.4 Å². The Kier molecular flexibility index (Phi) is 5.81. The first-order valence-electron chi connectivity index (χ1n) is 8.67. The van der Waals surface area contributed by atoms with Crippen molar-refractivity contribution in [1.29, 1.82) is 0 Å². The summed E-state index contributed by atoms with van der Waals surface area (Å²) in [5.74, 6) is 0.689. The summed E-state index contributed by atoms with van der Waals surface area (Å²) in [6, 6.07) is 5.28. The molecule has 1 aliphatic carbocycles. The van der Waals surface area contributed by atoms with Gasteiger partial charge in [-0.25, -0.2) is 0 Å². The minimum atomic E-state index is -0.648. The lowest BCUT2D eigenvalue weighted by atomic mass is 9.87. The van der Waals surface area contributed by atoms with E-state index >= 15 is 0 Å². The second kappa shape index (κ2) is 8.10. The van der Waals surface area contributed by atoms with Gasteiger partial charge in [-0.15, -0.1) is 12.6 Å². The van der Waals surface area contributed by atoms with Crippen LogP contribution in [0.3, 0.4) is 0 Å². The number of ether oxygens (including phenoxy) is 2. The molecule has 4 N–H and O–H groups in total. The van der Waals surface area contributed by atoms with E-state index in [9.17, 15) is 9.59 Å². The van der Waals surface area contributed by atoms with Crippen LogP contribution < -0.4 is 25.8 Å². The molecular formula is C18H24N4O4S. The fourth-order valence-electron chi connectivity index (χ4n) is 3.11. The third-order valence-corrected chi connectivity index (χ3v) is 5.22. The molecule has 8 nitrogen and oxygen atoms in total. The predicted molar refractivity (Wildman–Crippen MR) is 104 cm³/mol. The zero-order valence-electron chi connectivity index (χ0n) is 15.3. The van der Waals surface area contributed by atoms with Crippen molar-refractivity contribution in [3.8, 4) is 11.5 Å². The molecule has 1 aromatic carbocycles. The molecule has 9 heteroatoms. The topological polar surface area (TPSA) is 106 Å². The van der Waals surface area contributed by atoms with Gasteiger partial charge in [0.2, 0.25) is 11.8 Å². The third-order valence-electron chi connectivity index (χ3n) is 4.82. The molecule has 3 rings (SSSR count). The van der Waals surface area contributed by atoms with Crippen molar-refractivity contribution in [2.75, 3.05) is 20.8 Å². The first-order valence-corrected chi connectivity index (χ1v) is 9.19. The van der Waals surface area contributed by atoms with E-state index in [1.54, 1.807) is 30.2 Å². The lowest BCUT2D eigenvalue weighted by Crippen LogP contribution is -2.57. The SMILES string of the molecule is COc1ccc(C2=CC(=O)NC(S)N2CC(=O)N[C@@H]2CC[C@H]2N)c(OC)c1. The van der Waals surface area contributed by atoms with Crippen LogP contribution in [0.2, 0.25) is 0 Å². The molecule has 1 saturated carbocycles. The van der Waals surface area contributed by atoms with Crippen LogP contribution in [0.15, 0.2) is 24.3 Å². The zero-order chi connectivity index (χ0) is 19.6. The van der Waals surface area contributed by atoms with Crippen LogP contribution in [0.25, 0.3) is 5.70 Å². The van der Waals surface area contributed by atoms with Crippen molar-refractivity contribution < 1.29 is 19.1 Å². The van der Waals surface area contributed by atoms with Crippen LogP contribution in [0.4, 0.5) is 0 Å². The number of benzene rings is 1. The summed E-state index contributed by atoms with van der Waals surface area (Å²) in [7, 11) is 3.10. The molecule has 0 bridgehead atoms. The second-order valence-electron chi connectivity index (χ2n) is 6.52. The lowest BCUT2D eigenvalue weighted by Gasteiger charge is -2.38. The van der Waals surface area contributed by atoms with Gasteiger partial charge in [-0.1, -0.05) is 0 Å². The summed E-state index contributed by atoms with van der Waals surface area (Å²) in [6.45, 7) is 0.0265.